The molecule has 6 nitrogen and oxygen atoms in total. The van der Waals surface area contributed by atoms with E-state index in [1.54, 1.807) is 11.8 Å². The van der Waals surface area contributed by atoms with Gasteiger partial charge >= 0.3 is 5.97 Å². The number of nitrogens with zero attached hydrogens (tertiary/aromatic N) is 1. The third-order valence-corrected chi connectivity index (χ3v) is 4.40. The van der Waals surface area contributed by atoms with Crippen molar-refractivity contribution in [2.45, 2.75) is 33.0 Å². The number of aromatic amines is 1. The van der Waals surface area contributed by atoms with Gasteiger partial charge < -0.3 is 19.7 Å². The maximum Gasteiger partial charge on any atom is 0.334 e. The second kappa shape index (κ2) is 5.70. The average Bonchev–Trinajstić information content (AvgIpc) is 2.94. The van der Waals surface area contributed by atoms with Crippen LogP contribution in [0.3, 0.4) is 0 Å². The molecule has 1 saturated heterocycles. The Morgan fingerprint density at radius 3 is 2.74 bits per heavy atom. The fourth-order valence-electron chi connectivity index (χ4n) is 3.00. The second-order valence-electron chi connectivity index (χ2n) is 6.14. The van der Waals surface area contributed by atoms with Crippen molar-refractivity contribution in [3.8, 4) is 0 Å². The molecule has 2 atom stereocenters. The van der Waals surface area contributed by atoms with Gasteiger partial charge in [0.15, 0.2) is 6.10 Å². The number of amides is 1. The first kappa shape index (κ1) is 15.6. The number of morpholine rings is 1. The Morgan fingerprint density at radius 2 is 2.04 bits per heavy atom. The van der Waals surface area contributed by atoms with Crippen LogP contribution in [-0.2, 0) is 9.53 Å². The SMILES string of the molecule is Cc1ccc2[nH]c(C(=O)N3CC(C(=O)O)O[C@H](C)C3)cc2c1C. The van der Waals surface area contributed by atoms with E-state index in [2.05, 4.69) is 4.98 Å². The van der Waals surface area contributed by atoms with Gasteiger partial charge in [0.2, 0.25) is 0 Å². The number of hydrogen-bond donors (Lipinski definition) is 2. The fourth-order valence-corrected chi connectivity index (χ4v) is 3.00. The van der Waals surface area contributed by atoms with Crippen LogP contribution in [-0.4, -0.2) is 52.2 Å². The van der Waals surface area contributed by atoms with Crippen LogP contribution >= 0.6 is 0 Å². The second-order valence-corrected chi connectivity index (χ2v) is 6.14. The van der Waals surface area contributed by atoms with Crippen LogP contribution in [0.2, 0.25) is 0 Å². The lowest BCUT2D eigenvalue weighted by Crippen LogP contribution is -2.51. The fraction of sp³-hybridized carbons (Fsp3) is 0.412. The van der Waals surface area contributed by atoms with Crippen LogP contribution in [0, 0.1) is 13.8 Å². The number of carboxylic acids is 1. The number of carbonyl (C=O) groups excluding carboxylic acids is 1. The molecule has 0 bridgehead atoms. The summed E-state index contributed by atoms with van der Waals surface area (Å²) in [5, 5.41) is 10.2. The third kappa shape index (κ3) is 2.82. The molecule has 0 aliphatic carbocycles. The molecule has 2 N–H and O–H groups in total. The molecular weight excluding hydrogens is 296 g/mol. The van der Waals surface area contributed by atoms with Crippen molar-refractivity contribution in [2.75, 3.05) is 13.1 Å². The molecule has 0 radical (unpaired) electrons. The van der Waals surface area contributed by atoms with Gasteiger partial charge in [0.1, 0.15) is 5.69 Å². The Morgan fingerprint density at radius 1 is 1.30 bits per heavy atom. The third-order valence-electron chi connectivity index (χ3n) is 4.40. The molecule has 1 unspecified atom stereocenters. The van der Waals surface area contributed by atoms with Crippen LogP contribution in [0.1, 0.15) is 28.5 Å². The van der Waals surface area contributed by atoms with E-state index in [1.807, 2.05) is 32.0 Å². The number of aromatic nitrogens is 1. The number of carbonyl (C=O) groups is 2. The van der Waals surface area contributed by atoms with E-state index in [0.29, 0.717) is 12.2 Å². The number of H-pyrrole nitrogens is 1. The van der Waals surface area contributed by atoms with Crippen molar-refractivity contribution in [1.82, 2.24) is 9.88 Å². The highest BCUT2D eigenvalue weighted by molar-refractivity contribution is 5.99. The Labute approximate surface area is 134 Å². The highest BCUT2D eigenvalue weighted by atomic mass is 16.5. The molecule has 3 rings (SSSR count). The number of nitrogens with one attached hydrogen (secondary N) is 1. The van der Waals surface area contributed by atoms with Gasteiger partial charge in [0.25, 0.3) is 5.91 Å². The number of fused-ring (bicyclic) bond motifs is 1. The predicted octanol–water partition coefficient (Wildman–Crippen LogP) is 2.10. The summed E-state index contributed by atoms with van der Waals surface area (Å²) < 4.78 is 5.35. The molecule has 0 spiro atoms. The number of carboxylic acid groups (broad SMARTS) is 1. The maximum atomic E-state index is 12.7. The largest absolute Gasteiger partial charge is 0.479 e. The highest BCUT2D eigenvalue weighted by Gasteiger charge is 2.33. The summed E-state index contributed by atoms with van der Waals surface area (Å²) in [6, 6.07) is 5.81. The lowest BCUT2D eigenvalue weighted by molar-refractivity contribution is -0.160. The number of aliphatic carboxylic acids is 1. The predicted molar refractivity (Wildman–Crippen MR) is 85.6 cm³/mol. The molecule has 1 aromatic carbocycles. The molecule has 23 heavy (non-hydrogen) atoms. The van der Waals surface area contributed by atoms with E-state index in [-0.39, 0.29) is 18.6 Å². The molecule has 2 aromatic rings. The van der Waals surface area contributed by atoms with Crippen LogP contribution in [0.25, 0.3) is 10.9 Å². The first-order valence-electron chi connectivity index (χ1n) is 7.63. The minimum absolute atomic E-state index is 0.0614. The average molecular weight is 316 g/mol. The Kier molecular flexibility index (Phi) is 3.85. The van der Waals surface area contributed by atoms with E-state index in [0.717, 1.165) is 16.5 Å². The zero-order valence-corrected chi connectivity index (χ0v) is 13.4. The highest BCUT2D eigenvalue weighted by Crippen LogP contribution is 2.24. The minimum atomic E-state index is -1.04. The quantitative estimate of drug-likeness (QED) is 0.889. The Bertz CT molecular complexity index is 780. The van der Waals surface area contributed by atoms with E-state index in [4.69, 9.17) is 9.84 Å². The zero-order valence-electron chi connectivity index (χ0n) is 13.4. The lowest BCUT2D eigenvalue weighted by atomic mass is 10.1. The van der Waals surface area contributed by atoms with Crippen molar-refractivity contribution < 1.29 is 19.4 Å². The van der Waals surface area contributed by atoms with Gasteiger partial charge in [-0.25, -0.2) is 4.79 Å². The van der Waals surface area contributed by atoms with E-state index in [9.17, 15) is 9.59 Å². The van der Waals surface area contributed by atoms with Crippen LogP contribution < -0.4 is 0 Å². The number of benzene rings is 1. The van der Waals surface area contributed by atoms with Crippen molar-refractivity contribution in [3.05, 3.63) is 35.0 Å². The number of ether oxygens (including phenoxy) is 1. The first-order chi connectivity index (χ1) is 10.9. The normalized spacial score (nSPS) is 21.6. The van der Waals surface area contributed by atoms with Crippen molar-refractivity contribution in [1.29, 1.82) is 0 Å². The molecule has 1 aliphatic heterocycles. The van der Waals surface area contributed by atoms with Gasteiger partial charge in [-0.05, 0) is 44.0 Å². The van der Waals surface area contributed by atoms with Gasteiger partial charge in [-0.1, -0.05) is 6.07 Å². The zero-order chi connectivity index (χ0) is 16.7. The summed E-state index contributed by atoms with van der Waals surface area (Å²) in [6.45, 7) is 6.28. The molecule has 1 amide bonds. The molecule has 0 saturated carbocycles. The van der Waals surface area contributed by atoms with E-state index >= 15 is 0 Å². The van der Waals surface area contributed by atoms with Gasteiger partial charge in [-0.3, -0.25) is 4.79 Å². The summed E-state index contributed by atoms with van der Waals surface area (Å²) in [6.07, 6.45) is -1.28. The minimum Gasteiger partial charge on any atom is -0.479 e. The Hall–Kier alpha value is -2.34. The van der Waals surface area contributed by atoms with Gasteiger partial charge in [-0.2, -0.15) is 0 Å². The lowest BCUT2D eigenvalue weighted by Gasteiger charge is -2.34. The number of aryl methyl sites for hydroxylation is 2. The summed E-state index contributed by atoms with van der Waals surface area (Å²) in [7, 11) is 0. The van der Waals surface area contributed by atoms with Gasteiger partial charge in [0.05, 0.1) is 12.6 Å². The molecule has 6 heteroatoms. The maximum absolute atomic E-state index is 12.7. The number of rotatable bonds is 2. The summed E-state index contributed by atoms with van der Waals surface area (Å²) >= 11 is 0. The molecular formula is C17H20N2O4. The van der Waals surface area contributed by atoms with Crippen LogP contribution in [0.4, 0.5) is 0 Å². The van der Waals surface area contributed by atoms with Crippen LogP contribution in [0.5, 0.6) is 0 Å². The smallest absolute Gasteiger partial charge is 0.334 e. The monoisotopic (exact) mass is 316 g/mol. The Balaban J connectivity index is 1.90. The van der Waals surface area contributed by atoms with Crippen molar-refractivity contribution >= 4 is 22.8 Å². The van der Waals surface area contributed by atoms with Gasteiger partial charge in [0, 0.05) is 17.4 Å². The molecule has 122 valence electrons. The van der Waals surface area contributed by atoms with Crippen molar-refractivity contribution in [2.24, 2.45) is 0 Å². The van der Waals surface area contributed by atoms with Crippen LogP contribution in [0.15, 0.2) is 18.2 Å². The molecule has 1 aromatic heterocycles. The standard InChI is InChI=1S/C17H20N2O4/c1-9-4-5-13-12(11(9)3)6-14(18-13)16(20)19-7-10(2)23-15(8-19)17(21)22/h4-6,10,15,18H,7-8H2,1-3H3,(H,21,22)/t10-,15?/m1/s1. The first-order valence-corrected chi connectivity index (χ1v) is 7.63. The summed E-state index contributed by atoms with van der Waals surface area (Å²) in [4.78, 5) is 28.6. The van der Waals surface area contributed by atoms with E-state index < -0.39 is 12.1 Å². The molecule has 2 heterocycles. The molecule has 1 fully saturated rings. The number of hydrogen-bond acceptors (Lipinski definition) is 3. The molecule has 1 aliphatic rings. The topological polar surface area (TPSA) is 82.6 Å². The van der Waals surface area contributed by atoms with Gasteiger partial charge in [-0.15, -0.1) is 0 Å². The van der Waals surface area contributed by atoms with E-state index in [1.165, 1.54) is 5.56 Å². The summed E-state index contributed by atoms with van der Waals surface area (Å²) in [5.74, 6) is -1.24. The summed E-state index contributed by atoms with van der Waals surface area (Å²) in [5.41, 5.74) is 3.69. The van der Waals surface area contributed by atoms with Crippen molar-refractivity contribution in [3.63, 3.8) is 0 Å².